The molecule has 0 radical (unpaired) electrons. The maximum absolute atomic E-state index is 12.5. The summed E-state index contributed by atoms with van der Waals surface area (Å²) >= 11 is 0. The van der Waals surface area contributed by atoms with Gasteiger partial charge in [0.25, 0.3) is 5.91 Å². The number of fused-ring (bicyclic) bond motifs is 3. The molecular formula is C17H16N4O. The molecule has 0 fully saturated rings. The smallest absolute Gasteiger partial charge is 0.274 e. The Hall–Kier alpha value is -2.69. The van der Waals surface area contributed by atoms with Crippen molar-refractivity contribution in [3.05, 3.63) is 59.8 Å². The fourth-order valence-corrected chi connectivity index (χ4v) is 3.13. The molecule has 5 heteroatoms. The van der Waals surface area contributed by atoms with E-state index in [1.54, 1.807) is 12.4 Å². The first-order chi connectivity index (χ1) is 10.8. The first kappa shape index (κ1) is 13.0. The number of benzene rings is 1. The van der Waals surface area contributed by atoms with Crippen LogP contribution in [0, 0.1) is 0 Å². The summed E-state index contributed by atoms with van der Waals surface area (Å²) in [5, 5.41) is 1.27. The standard InChI is InChI=1S/C17H16N4O/c22-17(16-11-18-7-8-19-16)21-9-5-13-12-3-1-2-4-14(12)20-15(13)6-10-21/h1-4,7-8,11,20H,5-6,9-10H2. The van der Waals surface area contributed by atoms with Crippen molar-refractivity contribution >= 4 is 16.8 Å². The van der Waals surface area contributed by atoms with Crippen LogP contribution < -0.4 is 0 Å². The molecule has 1 aliphatic rings. The molecule has 0 saturated heterocycles. The summed E-state index contributed by atoms with van der Waals surface area (Å²) < 4.78 is 0. The number of aromatic amines is 1. The van der Waals surface area contributed by atoms with Gasteiger partial charge in [-0.1, -0.05) is 18.2 Å². The molecule has 0 aliphatic carbocycles. The lowest BCUT2D eigenvalue weighted by Crippen LogP contribution is -2.34. The van der Waals surface area contributed by atoms with Gasteiger partial charge in [-0.3, -0.25) is 9.78 Å². The highest BCUT2D eigenvalue weighted by Gasteiger charge is 2.22. The summed E-state index contributed by atoms with van der Waals surface area (Å²) in [5.74, 6) is -0.0393. The Balaban J connectivity index is 1.60. The molecule has 0 spiro atoms. The lowest BCUT2D eigenvalue weighted by atomic mass is 10.1. The highest BCUT2D eigenvalue weighted by atomic mass is 16.2. The molecule has 0 unspecified atom stereocenters. The Morgan fingerprint density at radius 3 is 2.86 bits per heavy atom. The monoisotopic (exact) mass is 292 g/mol. The average molecular weight is 292 g/mol. The van der Waals surface area contributed by atoms with Crippen molar-refractivity contribution in [3.8, 4) is 0 Å². The fraction of sp³-hybridized carbons (Fsp3) is 0.235. The number of amides is 1. The predicted octanol–water partition coefficient (Wildman–Crippen LogP) is 2.20. The Bertz CT molecular complexity index is 825. The van der Waals surface area contributed by atoms with Crippen LogP contribution >= 0.6 is 0 Å². The Morgan fingerprint density at radius 1 is 1.14 bits per heavy atom. The molecule has 0 saturated carbocycles. The molecule has 110 valence electrons. The van der Waals surface area contributed by atoms with Crippen LogP contribution in [-0.2, 0) is 12.8 Å². The van der Waals surface area contributed by atoms with Crippen molar-refractivity contribution in [1.29, 1.82) is 0 Å². The van der Waals surface area contributed by atoms with E-state index in [2.05, 4.69) is 33.2 Å². The predicted molar refractivity (Wildman–Crippen MR) is 83.6 cm³/mol. The molecule has 1 aliphatic heterocycles. The molecule has 5 nitrogen and oxygen atoms in total. The highest BCUT2D eigenvalue weighted by molar-refractivity contribution is 5.92. The quantitative estimate of drug-likeness (QED) is 0.748. The van der Waals surface area contributed by atoms with Crippen LogP contribution in [0.2, 0.25) is 0 Å². The van der Waals surface area contributed by atoms with Crippen molar-refractivity contribution in [2.24, 2.45) is 0 Å². The molecule has 3 aromatic rings. The molecular weight excluding hydrogens is 276 g/mol. The minimum atomic E-state index is -0.0393. The van der Waals surface area contributed by atoms with E-state index in [0.29, 0.717) is 18.8 Å². The summed E-state index contributed by atoms with van der Waals surface area (Å²) in [6.45, 7) is 1.42. The van der Waals surface area contributed by atoms with Gasteiger partial charge in [-0.05, 0) is 18.1 Å². The number of carbonyl (C=O) groups is 1. The molecule has 2 aromatic heterocycles. The zero-order valence-electron chi connectivity index (χ0n) is 12.1. The SMILES string of the molecule is O=C(c1cnccn1)N1CCc2[nH]c3ccccc3c2CC1. The van der Waals surface area contributed by atoms with Crippen molar-refractivity contribution in [3.63, 3.8) is 0 Å². The van der Waals surface area contributed by atoms with Crippen LogP contribution in [0.3, 0.4) is 0 Å². The van der Waals surface area contributed by atoms with Gasteiger partial charge in [-0.25, -0.2) is 4.98 Å². The summed E-state index contributed by atoms with van der Waals surface area (Å²) in [6.07, 6.45) is 6.38. The first-order valence-corrected chi connectivity index (χ1v) is 7.46. The second kappa shape index (κ2) is 5.26. The van der Waals surface area contributed by atoms with Crippen LogP contribution in [-0.4, -0.2) is 38.8 Å². The first-order valence-electron chi connectivity index (χ1n) is 7.46. The van der Waals surface area contributed by atoms with Gasteiger partial charge < -0.3 is 9.88 Å². The maximum atomic E-state index is 12.5. The van der Waals surface area contributed by atoms with Gasteiger partial charge in [0, 0.05) is 48.5 Å². The van der Waals surface area contributed by atoms with Crippen molar-refractivity contribution in [1.82, 2.24) is 19.9 Å². The largest absolute Gasteiger partial charge is 0.358 e. The number of para-hydroxylation sites is 1. The van der Waals surface area contributed by atoms with Crippen LogP contribution in [0.15, 0.2) is 42.9 Å². The number of aromatic nitrogens is 3. The topological polar surface area (TPSA) is 61.9 Å². The second-order valence-corrected chi connectivity index (χ2v) is 5.51. The number of carbonyl (C=O) groups excluding carboxylic acids is 1. The van der Waals surface area contributed by atoms with Gasteiger partial charge >= 0.3 is 0 Å². The van der Waals surface area contributed by atoms with E-state index in [9.17, 15) is 4.79 Å². The van der Waals surface area contributed by atoms with E-state index in [1.165, 1.54) is 28.4 Å². The Morgan fingerprint density at radius 2 is 2.00 bits per heavy atom. The van der Waals surface area contributed by atoms with Crippen LogP contribution in [0.4, 0.5) is 0 Å². The van der Waals surface area contributed by atoms with Crippen LogP contribution in [0.25, 0.3) is 10.9 Å². The Labute approximate surface area is 128 Å². The maximum Gasteiger partial charge on any atom is 0.274 e. The van der Waals surface area contributed by atoms with E-state index in [-0.39, 0.29) is 5.91 Å². The van der Waals surface area contributed by atoms with Gasteiger partial charge in [0.05, 0.1) is 6.20 Å². The number of H-pyrrole nitrogens is 1. The molecule has 1 aromatic carbocycles. The van der Waals surface area contributed by atoms with Gasteiger partial charge in [0.1, 0.15) is 5.69 Å². The number of nitrogens with one attached hydrogen (secondary N) is 1. The molecule has 0 bridgehead atoms. The zero-order valence-corrected chi connectivity index (χ0v) is 12.1. The number of hydrogen-bond acceptors (Lipinski definition) is 3. The highest BCUT2D eigenvalue weighted by Crippen LogP contribution is 2.25. The zero-order chi connectivity index (χ0) is 14.9. The van der Waals surface area contributed by atoms with Crippen molar-refractivity contribution in [2.45, 2.75) is 12.8 Å². The van der Waals surface area contributed by atoms with Crippen LogP contribution in [0.5, 0.6) is 0 Å². The lowest BCUT2D eigenvalue weighted by Gasteiger charge is -2.19. The van der Waals surface area contributed by atoms with Gasteiger partial charge in [-0.2, -0.15) is 0 Å². The van der Waals surface area contributed by atoms with Gasteiger partial charge in [-0.15, -0.1) is 0 Å². The van der Waals surface area contributed by atoms with Crippen molar-refractivity contribution < 1.29 is 4.79 Å². The van der Waals surface area contributed by atoms with E-state index in [0.717, 1.165) is 12.8 Å². The van der Waals surface area contributed by atoms with E-state index in [1.807, 2.05) is 11.0 Å². The number of nitrogens with zero attached hydrogens (tertiary/aromatic N) is 3. The fourth-order valence-electron chi connectivity index (χ4n) is 3.13. The second-order valence-electron chi connectivity index (χ2n) is 5.51. The minimum Gasteiger partial charge on any atom is -0.358 e. The lowest BCUT2D eigenvalue weighted by molar-refractivity contribution is 0.0756. The molecule has 4 rings (SSSR count). The third kappa shape index (κ3) is 2.15. The van der Waals surface area contributed by atoms with E-state index >= 15 is 0 Å². The normalized spacial score (nSPS) is 14.6. The third-order valence-corrected chi connectivity index (χ3v) is 4.23. The average Bonchev–Trinajstić information content (AvgIpc) is 2.80. The third-order valence-electron chi connectivity index (χ3n) is 4.23. The molecule has 1 amide bonds. The van der Waals surface area contributed by atoms with Gasteiger partial charge in [0.15, 0.2) is 0 Å². The summed E-state index contributed by atoms with van der Waals surface area (Å²) in [7, 11) is 0. The van der Waals surface area contributed by atoms with E-state index < -0.39 is 0 Å². The summed E-state index contributed by atoms with van der Waals surface area (Å²) in [5.41, 5.74) is 4.18. The number of hydrogen-bond donors (Lipinski definition) is 1. The van der Waals surface area contributed by atoms with Crippen molar-refractivity contribution in [2.75, 3.05) is 13.1 Å². The number of rotatable bonds is 1. The molecule has 0 atom stereocenters. The van der Waals surface area contributed by atoms with Gasteiger partial charge in [0.2, 0.25) is 0 Å². The minimum absolute atomic E-state index is 0.0393. The molecule has 1 N–H and O–H groups in total. The van der Waals surface area contributed by atoms with Crippen LogP contribution in [0.1, 0.15) is 21.7 Å². The van der Waals surface area contributed by atoms with E-state index in [4.69, 9.17) is 0 Å². The molecule has 22 heavy (non-hydrogen) atoms. The summed E-state index contributed by atoms with van der Waals surface area (Å²) in [6, 6.07) is 8.35. The summed E-state index contributed by atoms with van der Waals surface area (Å²) in [4.78, 5) is 25.9. The Kier molecular flexibility index (Phi) is 3.11. The molecule has 3 heterocycles.